The second-order valence-electron chi connectivity index (χ2n) is 3.24. The van der Waals surface area contributed by atoms with Gasteiger partial charge in [-0.1, -0.05) is 0 Å². The van der Waals surface area contributed by atoms with Crippen LogP contribution in [0.1, 0.15) is 0 Å². The van der Waals surface area contributed by atoms with Gasteiger partial charge in [-0.05, 0) is 28.1 Å². The molecule has 1 aromatic rings. The van der Waals surface area contributed by atoms with Crippen molar-refractivity contribution < 1.29 is 14.5 Å². The average molecular weight is 297 g/mol. The summed E-state index contributed by atoms with van der Waals surface area (Å²) < 4.78 is 0.290. The van der Waals surface area contributed by atoms with E-state index < -0.39 is 16.7 Å². The first-order chi connectivity index (χ1) is 8.00. The Labute approximate surface area is 104 Å². The molecule has 0 fully saturated rings. The number of nitrogens with zero attached hydrogens (tertiary/aromatic N) is 2. The fourth-order valence-electron chi connectivity index (χ4n) is 1.43. The maximum atomic E-state index is 11.4. The highest BCUT2D eigenvalue weighted by Crippen LogP contribution is 2.30. The van der Waals surface area contributed by atoms with Crippen molar-refractivity contribution in [2.75, 3.05) is 4.90 Å². The van der Waals surface area contributed by atoms with Gasteiger partial charge in [-0.2, -0.15) is 0 Å². The van der Waals surface area contributed by atoms with Crippen LogP contribution < -0.4 is 4.90 Å². The molecule has 1 heterocycles. The lowest BCUT2D eigenvalue weighted by atomic mass is 10.2. The van der Waals surface area contributed by atoms with Crippen LogP contribution in [-0.2, 0) is 9.59 Å². The van der Waals surface area contributed by atoms with Gasteiger partial charge in [0.25, 0.3) is 17.5 Å². The van der Waals surface area contributed by atoms with Gasteiger partial charge in [-0.25, -0.2) is 4.90 Å². The third-order valence-corrected chi connectivity index (χ3v) is 2.86. The first kappa shape index (κ1) is 11.5. The Morgan fingerprint density at radius 3 is 2.29 bits per heavy atom. The lowest BCUT2D eigenvalue weighted by Gasteiger charge is -2.13. The summed E-state index contributed by atoms with van der Waals surface area (Å²) in [4.78, 5) is 33.8. The molecule has 0 spiro atoms. The topological polar surface area (TPSA) is 80.5 Å². The van der Waals surface area contributed by atoms with E-state index >= 15 is 0 Å². The summed E-state index contributed by atoms with van der Waals surface area (Å²) in [6.45, 7) is 0. The molecule has 0 aromatic heterocycles. The Morgan fingerprint density at radius 2 is 1.76 bits per heavy atom. The minimum Gasteiger partial charge on any atom is -0.269 e. The summed E-state index contributed by atoms with van der Waals surface area (Å²) in [5.74, 6) is -1.02. The molecule has 0 radical (unpaired) electrons. The first-order valence-corrected chi connectivity index (χ1v) is 5.30. The zero-order valence-corrected chi connectivity index (χ0v) is 9.88. The number of nitro groups is 1. The highest BCUT2D eigenvalue weighted by Gasteiger charge is 2.27. The molecule has 86 valence electrons. The van der Waals surface area contributed by atoms with Crippen LogP contribution in [0.5, 0.6) is 0 Å². The SMILES string of the molecule is O=C1C=CC(=O)N1c1ccc(Br)c([N+](=O)[O-])c1. The van der Waals surface area contributed by atoms with Gasteiger partial charge >= 0.3 is 0 Å². The summed E-state index contributed by atoms with van der Waals surface area (Å²) in [7, 11) is 0. The highest BCUT2D eigenvalue weighted by atomic mass is 79.9. The molecule has 1 aromatic carbocycles. The van der Waals surface area contributed by atoms with Gasteiger partial charge in [0.15, 0.2) is 0 Å². The number of hydrogen-bond acceptors (Lipinski definition) is 4. The number of nitro benzene ring substituents is 1. The third-order valence-electron chi connectivity index (χ3n) is 2.19. The standard InChI is InChI=1S/C10H5BrN2O4/c11-7-2-1-6(5-8(7)13(16)17)12-9(14)3-4-10(12)15/h1-5H. The molecular formula is C10H5BrN2O4. The summed E-state index contributed by atoms with van der Waals surface area (Å²) >= 11 is 3.02. The zero-order chi connectivity index (χ0) is 12.6. The molecule has 1 aliphatic heterocycles. The van der Waals surface area contributed by atoms with E-state index in [2.05, 4.69) is 15.9 Å². The molecule has 7 heteroatoms. The van der Waals surface area contributed by atoms with E-state index in [1.807, 2.05) is 0 Å². The summed E-state index contributed by atoms with van der Waals surface area (Å²) in [5.41, 5.74) is -0.0186. The summed E-state index contributed by atoms with van der Waals surface area (Å²) in [6.07, 6.45) is 2.24. The van der Waals surface area contributed by atoms with Gasteiger partial charge in [-0.15, -0.1) is 0 Å². The zero-order valence-electron chi connectivity index (χ0n) is 8.29. The monoisotopic (exact) mass is 296 g/mol. The molecule has 0 saturated heterocycles. The normalized spacial score (nSPS) is 14.5. The van der Waals surface area contributed by atoms with Crippen molar-refractivity contribution in [2.24, 2.45) is 0 Å². The molecule has 17 heavy (non-hydrogen) atoms. The molecule has 1 aliphatic rings. The second-order valence-corrected chi connectivity index (χ2v) is 4.09. The van der Waals surface area contributed by atoms with Crippen LogP contribution in [0.15, 0.2) is 34.8 Å². The van der Waals surface area contributed by atoms with Gasteiger partial charge in [0.05, 0.1) is 15.1 Å². The largest absolute Gasteiger partial charge is 0.285 e. The van der Waals surface area contributed by atoms with E-state index in [1.54, 1.807) is 0 Å². The number of carbonyl (C=O) groups is 2. The molecule has 2 rings (SSSR count). The Bertz CT molecular complexity index is 549. The molecule has 0 saturated carbocycles. The quantitative estimate of drug-likeness (QED) is 0.473. The number of carbonyl (C=O) groups excluding carboxylic acids is 2. The van der Waals surface area contributed by atoms with Crippen molar-refractivity contribution >= 4 is 39.1 Å². The fraction of sp³-hybridized carbons (Fsp3) is 0. The predicted octanol–water partition coefficient (Wildman–Crippen LogP) is 1.79. The Kier molecular flexibility index (Phi) is 2.76. The highest BCUT2D eigenvalue weighted by molar-refractivity contribution is 9.10. The third kappa shape index (κ3) is 1.96. The number of amides is 2. The minimum atomic E-state index is -0.591. The summed E-state index contributed by atoms with van der Waals surface area (Å²) in [6, 6.07) is 4.05. The van der Waals surface area contributed by atoms with Gasteiger partial charge in [0, 0.05) is 18.2 Å². The van der Waals surface area contributed by atoms with E-state index in [1.165, 1.54) is 18.2 Å². The smallest absolute Gasteiger partial charge is 0.269 e. The Morgan fingerprint density at radius 1 is 1.18 bits per heavy atom. The molecule has 0 aliphatic carbocycles. The van der Waals surface area contributed by atoms with Gasteiger partial charge in [0.2, 0.25) is 0 Å². The number of anilines is 1. The number of hydrogen-bond donors (Lipinski definition) is 0. The number of benzene rings is 1. The molecule has 6 nitrogen and oxygen atoms in total. The van der Waals surface area contributed by atoms with E-state index in [-0.39, 0.29) is 11.4 Å². The Balaban J connectivity index is 2.47. The van der Waals surface area contributed by atoms with Crippen LogP contribution in [0.3, 0.4) is 0 Å². The van der Waals surface area contributed by atoms with Gasteiger partial charge < -0.3 is 0 Å². The van der Waals surface area contributed by atoms with Crippen molar-refractivity contribution in [3.63, 3.8) is 0 Å². The number of rotatable bonds is 2. The Hall–Kier alpha value is -2.02. The van der Waals surface area contributed by atoms with Crippen LogP contribution in [-0.4, -0.2) is 16.7 Å². The fourth-order valence-corrected chi connectivity index (χ4v) is 1.83. The van der Waals surface area contributed by atoms with Crippen molar-refractivity contribution in [2.45, 2.75) is 0 Å². The van der Waals surface area contributed by atoms with Crippen molar-refractivity contribution in [3.8, 4) is 0 Å². The molecule has 2 amide bonds. The van der Waals surface area contributed by atoms with Crippen molar-refractivity contribution in [1.82, 2.24) is 0 Å². The van der Waals surface area contributed by atoms with E-state index in [0.29, 0.717) is 4.47 Å². The average Bonchev–Trinajstić information content (AvgIpc) is 2.59. The lowest BCUT2D eigenvalue weighted by Crippen LogP contribution is -2.29. The van der Waals surface area contributed by atoms with Crippen molar-refractivity contribution in [3.05, 3.63) is 44.9 Å². The first-order valence-electron chi connectivity index (χ1n) is 4.51. The van der Waals surface area contributed by atoms with Gasteiger partial charge in [0.1, 0.15) is 0 Å². The van der Waals surface area contributed by atoms with Crippen molar-refractivity contribution in [1.29, 1.82) is 0 Å². The number of imide groups is 1. The maximum absolute atomic E-state index is 11.4. The van der Waals surface area contributed by atoms with Crippen LogP contribution in [0, 0.1) is 10.1 Å². The van der Waals surface area contributed by atoms with E-state index in [0.717, 1.165) is 17.1 Å². The predicted molar refractivity (Wildman–Crippen MR) is 62.4 cm³/mol. The van der Waals surface area contributed by atoms with E-state index in [4.69, 9.17) is 0 Å². The maximum Gasteiger partial charge on any atom is 0.285 e. The molecule has 0 atom stereocenters. The van der Waals surface area contributed by atoms with E-state index in [9.17, 15) is 19.7 Å². The lowest BCUT2D eigenvalue weighted by molar-refractivity contribution is -0.385. The minimum absolute atomic E-state index is 0.180. The van der Waals surface area contributed by atoms with Crippen LogP contribution in [0.4, 0.5) is 11.4 Å². The number of halogens is 1. The van der Waals surface area contributed by atoms with Gasteiger partial charge in [-0.3, -0.25) is 19.7 Å². The van der Waals surface area contributed by atoms with Crippen LogP contribution in [0.2, 0.25) is 0 Å². The van der Waals surface area contributed by atoms with Crippen LogP contribution >= 0.6 is 15.9 Å². The molecule has 0 N–H and O–H groups in total. The molecular weight excluding hydrogens is 292 g/mol. The second kappa shape index (κ2) is 4.10. The molecule has 0 bridgehead atoms. The summed E-state index contributed by atoms with van der Waals surface area (Å²) in [5, 5.41) is 10.7. The molecule has 0 unspecified atom stereocenters. The van der Waals surface area contributed by atoms with Crippen LogP contribution in [0.25, 0.3) is 0 Å².